The van der Waals surface area contributed by atoms with Crippen molar-refractivity contribution >= 4 is 5.69 Å². The molecule has 1 aromatic rings. The van der Waals surface area contributed by atoms with Gasteiger partial charge in [-0.05, 0) is 68.4 Å². The topological polar surface area (TPSA) is 21.3 Å². The van der Waals surface area contributed by atoms with E-state index in [1.54, 1.807) is 0 Å². The summed E-state index contributed by atoms with van der Waals surface area (Å²) in [5, 5.41) is 3.80. The average molecular weight is 271 g/mol. The quantitative estimate of drug-likeness (QED) is 0.880. The molecule has 0 heterocycles. The number of benzene rings is 1. The molecule has 0 amide bonds. The van der Waals surface area contributed by atoms with Crippen molar-refractivity contribution in [2.24, 2.45) is 23.7 Å². The zero-order valence-electron chi connectivity index (χ0n) is 12.3. The third-order valence-corrected chi connectivity index (χ3v) is 5.93. The number of rotatable bonds is 4. The van der Waals surface area contributed by atoms with Crippen molar-refractivity contribution in [3.05, 3.63) is 24.3 Å². The van der Waals surface area contributed by atoms with Gasteiger partial charge in [0.15, 0.2) is 0 Å². The minimum atomic E-state index is 0.705. The Labute approximate surface area is 121 Å². The second-order valence-corrected chi connectivity index (χ2v) is 6.87. The van der Waals surface area contributed by atoms with Crippen LogP contribution in [0, 0.1) is 23.7 Å². The Morgan fingerprint density at radius 1 is 1.15 bits per heavy atom. The van der Waals surface area contributed by atoms with Crippen LogP contribution in [0.4, 0.5) is 5.69 Å². The van der Waals surface area contributed by atoms with Crippen LogP contribution in [0.5, 0.6) is 5.75 Å². The molecule has 2 bridgehead atoms. The minimum absolute atomic E-state index is 0.705. The standard InChI is InChI=1S/C18H25NO/c1-2-20-14-6-3-5-13(11-14)19-18-10-12-9-17(18)16-8-4-7-15(12)16/h3,5-6,11-12,15-19H,2,4,7-10H2,1H3. The third kappa shape index (κ3) is 2.01. The van der Waals surface area contributed by atoms with Gasteiger partial charge in [-0.25, -0.2) is 0 Å². The summed E-state index contributed by atoms with van der Waals surface area (Å²) in [6.45, 7) is 2.78. The predicted molar refractivity (Wildman–Crippen MR) is 82.1 cm³/mol. The average Bonchev–Trinajstić information content (AvgIpc) is 3.11. The van der Waals surface area contributed by atoms with Gasteiger partial charge in [0.2, 0.25) is 0 Å². The summed E-state index contributed by atoms with van der Waals surface area (Å²) < 4.78 is 5.60. The predicted octanol–water partition coefficient (Wildman–Crippen LogP) is 4.32. The highest BCUT2D eigenvalue weighted by Crippen LogP contribution is 2.59. The number of ether oxygens (including phenoxy) is 1. The first-order chi connectivity index (χ1) is 9.85. The molecule has 0 aliphatic heterocycles. The Morgan fingerprint density at radius 2 is 2.05 bits per heavy atom. The SMILES string of the molecule is CCOc1cccc(NC2CC3CC2C2CCCC32)c1. The summed E-state index contributed by atoms with van der Waals surface area (Å²) in [7, 11) is 0. The number of hydrogen-bond donors (Lipinski definition) is 1. The molecule has 5 atom stereocenters. The van der Waals surface area contributed by atoms with E-state index in [-0.39, 0.29) is 0 Å². The van der Waals surface area contributed by atoms with Crippen molar-refractivity contribution in [2.45, 2.75) is 45.1 Å². The monoisotopic (exact) mass is 271 g/mol. The number of fused-ring (bicyclic) bond motifs is 5. The van der Waals surface area contributed by atoms with Crippen molar-refractivity contribution in [3.8, 4) is 5.75 Å². The van der Waals surface area contributed by atoms with Crippen LogP contribution in [-0.4, -0.2) is 12.6 Å². The van der Waals surface area contributed by atoms with Gasteiger partial charge in [0, 0.05) is 17.8 Å². The van der Waals surface area contributed by atoms with Crippen LogP contribution in [0.15, 0.2) is 24.3 Å². The van der Waals surface area contributed by atoms with Gasteiger partial charge in [-0.2, -0.15) is 0 Å². The van der Waals surface area contributed by atoms with Gasteiger partial charge in [-0.15, -0.1) is 0 Å². The summed E-state index contributed by atoms with van der Waals surface area (Å²) in [5.41, 5.74) is 1.24. The summed E-state index contributed by atoms with van der Waals surface area (Å²) in [6, 6.07) is 9.18. The van der Waals surface area contributed by atoms with Crippen molar-refractivity contribution in [2.75, 3.05) is 11.9 Å². The van der Waals surface area contributed by atoms with Gasteiger partial charge in [0.1, 0.15) is 5.75 Å². The van der Waals surface area contributed by atoms with Crippen LogP contribution in [0.25, 0.3) is 0 Å². The van der Waals surface area contributed by atoms with Crippen LogP contribution in [-0.2, 0) is 0 Å². The van der Waals surface area contributed by atoms with Crippen LogP contribution < -0.4 is 10.1 Å². The van der Waals surface area contributed by atoms with E-state index in [4.69, 9.17) is 4.74 Å². The minimum Gasteiger partial charge on any atom is -0.494 e. The largest absolute Gasteiger partial charge is 0.494 e. The molecule has 108 valence electrons. The lowest BCUT2D eigenvalue weighted by Gasteiger charge is -2.32. The van der Waals surface area contributed by atoms with E-state index in [2.05, 4.69) is 23.5 Å². The molecule has 3 saturated carbocycles. The maximum Gasteiger partial charge on any atom is 0.121 e. The maximum absolute atomic E-state index is 5.60. The lowest BCUT2D eigenvalue weighted by molar-refractivity contribution is 0.243. The number of anilines is 1. The van der Waals surface area contributed by atoms with Gasteiger partial charge < -0.3 is 10.1 Å². The zero-order chi connectivity index (χ0) is 13.5. The Bertz CT molecular complexity index is 486. The Kier molecular flexibility index (Phi) is 3.13. The molecule has 2 nitrogen and oxygen atoms in total. The van der Waals surface area contributed by atoms with E-state index in [9.17, 15) is 0 Å². The van der Waals surface area contributed by atoms with Crippen LogP contribution in [0.2, 0.25) is 0 Å². The summed E-state index contributed by atoms with van der Waals surface area (Å²) in [6.07, 6.45) is 7.36. The van der Waals surface area contributed by atoms with E-state index in [0.29, 0.717) is 6.04 Å². The molecule has 2 heteroatoms. The Hall–Kier alpha value is -1.18. The molecule has 20 heavy (non-hydrogen) atoms. The van der Waals surface area contributed by atoms with E-state index in [0.717, 1.165) is 36.0 Å². The number of hydrogen-bond acceptors (Lipinski definition) is 2. The fraction of sp³-hybridized carbons (Fsp3) is 0.667. The first kappa shape index (κ1) is 12.6. The van der Waals surface area contributed by atoms with Crippen molar-refractivity contribution in [1.82, 2.24) is 0 Å². The fourth-order valence-electron chi connectivity index (χ4n) is 5.29. The molecule has 1 N–H and O–H groups in total. The van der Waals surface area contributed by atoms with Crippen LogP contribution in [0.3, 0.4) is 0 Å². The second-order valence-electron chi connectivity index (χ2n) is 6.87. The van der Waals surface area contributed by atoms with E-state index >= 15 is 0 Å². The second kappa shape index (κ2) is 4.98. The molecule has 3 aliphatic carbocycles. The lowest BCUT2D eigenvalue weighted by Crippen LogP contribution is -2.33. The fourth-order valence-corrected chi connectivity index (χ4v) is 5.29. The first-order valence-electron chi connectivity index (χ1n) is 8.34. The molecule has 0 aromatic heterocycles. The summed E-state index contributed by atoms with van der Waals surface area (Å²) in [5.74, 6) is 5.04. The van der Waals surface area contributed by atoms with E-state index < -0.39 is 0 Å². The zero-order valence-corrected chi connectivity index (χ0v) is 12.3. The van der Waals surface area contributed by atoms with Crippen LogP contribution >= 0.6 is 0 Å². The van der Waals surface area contributed by atoms with Gasteiger partial charge in [0.25, 0.3) is 0 Å². The number of nitrogens with one attached hydrogen (secondary N) is 1. The molecule has 0 saturated heterocycles. The van der Waals surface area contributed by atoms with Crippen LogP contribution in [0.1, 0.15) is 39.0 Å². The highest BCUT2D eigenvalue weighted by atomic mass is 16.5. The molecule has 0 radical (unpaired) electrons. The van der Waals surface area contributed by atoms with Gasteiger partial charge in [-0.1, -0.05) is 12.5 Å². The van der Waals surface area contributed by atoms with Gasteiger partial charge in [-0.3, -0.25) is 0 Å². The summed E-state index contributed by atoms with van der Waals surface area (Å²) in [4.78, 5) is 0. The highest BCUT2D eigenvalue weighted by molar-refractivity contribution is 5.49. The molecule has 5 unspecified atom stereocenters. The van der Waals surface area contributed by atoms with Crippen molar-refractivity contribution in [3.63, 3.8) is 0 Å². The summed E-state index contributed by atoms with van der Waals surface area (Å²) >= 11 is 0. The first-order valence-corrected chi connectivity index (χ1v) is 8.34. The third-order valence-electron chi connectivity index (χ3n) is 5.93. The highest BCUT2D eigenvalue weighted by Gasteiger charge is 2.53. The molecule has 3 aliphatic rings. The lowest BCUT2D eigenvalue weighted by atomic mass is 9.79. The van der Waals surface area contributed by atoms with Crippen molar-refractivity contribution in [1.29, 1.82) is 0 Å². The smallest absolute Gasteiger partial charge is 0.121 e. The molecular formula is C18H25NO. The van der Waals surface area contributed by atoms with Gasteiger partial charge in [0.05, 0.1) is 6.61 Å². The maximum atomic E-state index is 5.60. The molecule has 3 fully saturated rings. The van der Waals surface area contributed by atoms with E-state index in [1.165, 1.54) is 37.8 Å². The van der Waals surface area contributed by atoms with E-state index in [1.807, 2.05) is 13.0 Å². The molecule has 4 rings (SSSR count). The molecule has 0 spiro atoms. The Balaban J connectivity index is 1.46. The Morgan fingerprint density at radius 3 is 2.95 bits per heavy atom. The normalized spacial score (nSPS) is 38.0. The van der Waals surface area contributed by atoms with Gasteiger partial charge >= 0.3 is 0 Å². The van der Waals surface area contributed by atoms with Crippen molar-refractivity contribution < 1.29 is 4.74 Å². The molecule has 1 aromatic carbocycles. The molecular weight excluding hydrogens is 246 g/mol.